The number of hydrogen-bond acceptors (Lipinski definition) is 3. The third kappa shape index (κ3) is 4.17. The van der Waals surface area contributed by atoms with Crippen molar-refractivity contribution in [2.75, 3.05) is 13.2 Å². The lowest BCUT2D eigenvalue weighted by atomic mass is 10.1. The number of amides is 1. The number of nitrogens with one attached hydrogen (secondary N) is 2. The van der Waals surface area contributed by atoms with Crippen molar-refractivity contribution in [1.82, 2.24) is 15.3 Å². The number of H-pyrrole nitrogens is 1. The lowest BCUT2D eigenvalue weighted by Crippen LogP contribution is -2.28. The average molecular weight is 359 g/mol. The number of carbonyl (C=O) groups excluding carboxylic acids is 1. The number of rotatable bonds is 6. The number of halogens is 2. The van der Waals surface area contributed by atoms with Crippen LogP contribution in [0.15, 0.2) is 36.4 Å². The Morgan fingerprint density at radius 2 is 1.92 bits per heavy atom. The van der Waals surface area contributed by atoms with Crippen molar-refractivity contribution in [3.05, 3.63) is 58.9 Å². The van der Waals surface area contributed by atoms with Crippen molar-refractivity contribution in [3.8, 4) is 5.75 Å². The number of benzene rings is 2. The van der Waals surface area contributed by atoms with Gasteiger partial charge in [0.1, 0.15) is 12.4 Å². The fourth-order valence-electron chi connectivity index (χ4n) is 2.73. The van der Waals surface area contributed by atoms with E-state index in [2.05, 4.69) is 21.4 Å². The summed E-state index contributed by atoms with van der Waals surface area (Å²) >= 11 is 0. The van der Waals surface area contributed by atoms with Crippen LogP contribution in [-0.4, -0.2) is 29.0 Å². The summed E-state index contributed by atoms with van der Waals surface area (Å²) in [6.45, 7) is 4.64. The van der Waals surface area contributed by atoms with Gasteiger partial charge in [-0.2, -0.15) is 0 Å². The molecule has 1 heterocycles. The summed E-state index contributed by atoms with van der Waals surface area (Å²) in [7, 11) is 0. The van der Waals surface area contributed by atoms with E-state index < -0.39 is 12.2 Å². The Kier molecular flexibility index (Phi) is 5.16. The van der Waals surface area contributed by atoms with Crippen LogP contribution in [-0.2, 0) is 0 Å². The minimum atomic E-state index is -2.68. The van der Waals surface area contributed by atoms with Gasteiger partial charge in [0.05, 0.1) is 17.6 Å². The first-order valence-corrected chi connectivity index (χ1v) is 8.19. The summed E-state index contributed by atoms with van der Waals surface area (Å²) < 4.78 is 31.0. The zero-order valence-electron chi connectivity index (χ0n) is 14.5. The van der Waals surface area contributed by atoms with E-state index in [-0.39, 0.29) is 5.91 Å². The molecule has 2 N–H and O–H groups in total. The Hall–Kier alpha value is -2.96. The summed E-state index contributed by atoms with van der Waals surface area (Å²) in [5, 5.41) is 2.75. The van der Waals surface area contributed by atoms with Gasteiger partial charge in [-0.15, -0.1) is 0 Å². The number of carbonyl (C=O) groups is 1. The van der Waals surface area contributed by atoms with Crippen LogP contribution < -0.4 is 10.1 Å². The first-order valence-electron chi connectivity index (χ1n) is 8.19. The Morgan fingerprint density at radius 3 is 2.62 bits per heavy atom. The Labute approximate surface area is 149 Å². The monoisotopic (exact) mass is 359 g/mol. The van der Waals surface area contributed by atoms with Gasteiger partial charge < -0.3 is 15.0 Å². The predicted molar refractivity (Wildman–Crippen MR) is 94.8 cm³/mol. The number of fused-ring (bicyclic) bond motifs is 1. The van der Waals surface area contributed by atoms with Crippen molar-refractivity contribution in [1.29, 1.82) is 0 Å². The van der Waals surface area contributed by atoms with Gasteiger partial charge in [-0.3, -0.25) is 4.79 Å². The standard InChI is InChI=1S/C19H19F2N3O2/c1-11-7-12(2)9-14(8-11)26-6-5-22-19(25)13-3-4-15-16(10-13)24-18(23-15)17(20)21/h3-4,7-10,17H,5-6H2,1-2H3,(H,22,25)(H,23,24). The number of imidazole rings is 1. The van der Waals surface area contributed by atoms with E-state index >= 15 is 0 Å². The molecule has 136 valence electrons. The Balaban J connectivity index is 1.57. The van der Waals surface area contributed by atoms with Gasteiger partial charge in [-0.25, -0.2) is 13.8 Å². The SMILES string of the molecule is Cc1cc(C)cc(OCCNC(=O)c2ccc3nc(C(F)F)[nH]c3c2)c1. The van der Waals surface area contributed by atoms with Gasteiger partial charge in [0, 0.05) is 5.56 Å². The summed E-state index contributed by atoms with van der Waals surface area (Å²) in [6.07, 6.45) is -2.68. The van der Waals surface area contributed by atoms with E-state index in [1.165, 1.54) is 6.07 Å². The largest absolute Gasteiger partial charge is 0.492 e. The number of nitrogens with zero attached hydrogens (tertiary/aromatic N) is 1. The number of aromatic nitrogens is 2. The molecule has 0 radical (unpaired) electrons. The number of aryl methyl sites for hydroxylation is 2. The maximum absolute atomic E-state index is 12.7. The summed E-state index contributed by atoms with van der Waals surface area (Å²) in [5.74, 6) is 0.0543. The lowest BCUT2D eigenvalue weighted by Gasteiger charge is -2.09. The first-order chi connectivity index (χ1) is 12.4. The van der Waals surface area contributed by atoms with Crippen molar-refractivity contribution in [3.63, 3.8) is 0 Å². The van der Waals surface area contributed by atoms with Crippen LogP contribution in [0.2, 0.25) is 0 Å². The highest BCUT2D eigenvalue weighted by Crippen LogP contribution is 2.20. The van der Waals surface area contributed by atoms with Crippen LogP contribution in [0.1, 0.15) is 33.7 Å². The van der Waals surface area contributed by atoms with Crippen LogP contribution in [0.25, 0.3) is 11.0 Å². The van der Waals surface area contributed by atoms with Crippen LogP contribution >= 0.6 is 0 Å². The molecule has 0 saturated carbocycles. The maximum Gasteiger partial charge on any atom is 0.295 e. The highest BCUT2D eigenvalue weighted by molar-refractivity contribution is 5.97. The molecule has 1 aromatic heterocycles. The molecule has 0 saturated heterocycles. The summed E-state index contributed by atoms with van der Waals surface area (Å²) in [4.78, 5) is 18.5. The van der Waals surface area contributed by atoms with Gasteiger partial charge in [0.2, 0.25) is 0 Å². The normalized spacial score (nSPS) is 11.1. The number of hydrogen-bond donors (Lipinski definition) is 2. The van der Waals surface area contributed by atoms with E-state index in [4.69, 9.17) is 4.74 Å². The maximum atomic E-state index is 12.7. The van der Waals surface area contributed by atoms with Crippen LogP contribution in [0, 0.1) is 13.8 Å². The minimum absolute atomic E-state index is 0.302. The molecule has 0 bridgehead atoms. The smallest absolute Gasteiger partial charge is 0.295 e. The fraction of sp³-hybridized carbons (Fsp3) is 0.263. The minimum Gasteiger partial charge on any atom is -0.492 e. The zero-order valence-corrected chi connectivity index (χ0v) is 14.5. The molecule has 1 amide bonds. The number of alkyl halides is 2. The molecular weight excluding hydrogens is 340 g/mol. The quantitative estimate of drug-likeness (QED) is 0.656. The van der Waals surface area contributed by atoms with Crippen molar-refractivity contribution >= 4 is 16.9 Å². The predicted octanol–water partition coefficient (Wildman–Crippen LogP) is 3.93. The van der Waals surface area contributed by atoms with E-state index in [1.54, 1.807) is 12.1 Å². The van der Waals surface area contributed by atoms with Crippen molar-refractivity contribution < 1.29 is 18.3 Å². The van der Waals surface area contributed by atoms with Gasteiger partial charge >= 0.3 is 0 Å². The van der Waals surface area contributed by atoms with Crippen LogP contribution in [0.4, 0.5) is 8.78 Å². The second kappa shape index (κ2) is 7.51. The fourth-order valence-corrected chi connectivity index (χ4v) is 2.73. The van der Waals surface area contributed by atoms with Gasteiger partial charge in [-0.1, -0.05) is 6.07 Å². The van der Waals surface area contributed by atoms with Crippen LogP contribution in [0.3, 0.4) is 0 Å². The number of ether oxygens (including phenoxy) is 1. The number of aromatic amines is 1. The van der Waals surface area contributed by atoms with E-state index in [0.29, 0.717) is 29.7 Å². The third-order valence-electron chi connectivity index (χ3n) is 3.82. The van der Waals surface area contributed by atoms with E-state index in [0.717, 1.165) is 16.9 Å². The van der Waals surface area contributed by atoms with E-state index in [1.807, 2.05) is 26.0 Å². The highest BCUT2D eigenvalue weighted by Gasteiger charge is 2.14. The summed E-state index contributed by atoms with van der Waals surface area (Å²) in [5.41, 5.74) is 3.39. The van der Waals surface area contributed by atoms with Gasteiger partial charge in [0.25, 0.3) is 12.3 Å². The summed E-state index contributed by atoms with van der Waals surface area (Å²) in [6, 6.07) is 10.5. The van der Waals surface area contributed by atoms with Crippen molar-refractivity contribution in [2.45, 2.75) is 20.3 Å². The molecule has 0 aliphatic heterocycles. The molecule has 7 heteroatoms. The molecule has 0 spiro atoms. The molecular formula is C19H19F2N3O2. The molecule has 26 heavy (non-hydrogen) atoms. The van der Waals surface area contributed by atoms with E-state index in [9.17, 15) is 13.6 Å². The molecule has 0 aliphatic carbocycles. The molecule has 3 rings (SSSR count). The van der Waals surface area contributed by atoms with Gasteiger partial charge in [-0.05, 0) is 55.3 Å². The highest BCUT2D eigenvalue weighted by atomic mass is 19.3. The molecule has 3 aromatic rings. The molecule has 0 fully saturated rings. The topological polar surface area (TPSA) is 67.0 Å². The molecule has 5 nitrogen and oxygen atoms in total. The molecule has 0 unspecified atom stereocenters. The second-order valence-electron chi connectivity index (χ2n) is 6.08. The molecule has 2 aromatic carbocycles. The Morgan fingerprint density at radius 1 is 1.19 bits per heavy atom. The van der Waals surface area contributed by atoms with Crippen LogP contribution in [0.5, 0.6) is 5.75 Å². The second-order valence-corrected chi connectivity index (χ2v) is 6.08. The lowest BCUT2D eigenvalue weighted by molar-refractivity contribution is 0.0947. The third-order valence-corrected chi connectivity index (χ3v) is 3.82. The molecule has 0 aliphatic rings. The van der Waals surface area contributed by atoms with Gasteiger partial charge in [0.15, 0.2) is 5.82 Å². The zero-order chi connectivity index (χ0) is 18.7. The Bertz CT molecular complexity index is 917. The molecule has 0 atom stereocenters. The first kappa shape index (κ1) is 17.8. The average Bonchev–Trinajstić information content (AvgIpc) is 3.01. The van der Waals surface area contributed by atoms with Crippen molar-refractivity contribution in [2.24, 2.45) is 0 Å².